The van der Waals surface area contributed by atoms with Gasteiger partial charge in [0, 0.05) is 23.9 Å². The predicted molar refractivity (Wildman–Crippen MR) is 105 cm³/mol. The van der Waals surface area contributed by atoms with E-state index in [0.29, 0.717) is 25.2 Å². The number of halogens is 1. The van der Waals surface area contributed by atoms with Gasteiger partial charge < -0.3 is 11.1 Å². The minimum Gasteiger partial charge on any atom is -0.368 e. The molecular formula is C20H21FN4O4. The smallest absolute Gasteiger partial charge is 0.276 e. The van der Waals surface area contributed by atoms with E-state index in [4.69, 9.17) is 5.73 Å². The molecule has 8 nitrogen and oxygen atoms in total. The first kappa shape index (κ1) is 20.4. The van der Waals surface area contributed by atoms with Gasteiger partial charge >= 0.3 is 0 Å². The Labute approximate surface area is 166 Å². The highest BCUT2D eigenvalue weighted by Gasteiger charge is 2.29. The van der Waals surface area contributed by atoms with Gasteiger partial charge in [-0.15, -0.1) is 0 Å². The summed E-state index contributed by atoms with van der Waals surface area (Å²) in [7, 11) is 0. The highest BCUT2D eigenvalue weighted by molar-refractivity contribution is 6.05. The number of amides is 2. The van der Waals surface area contributed by atoms with Crippen molar-refractivity contribution in [3.8, 4) is 0 Å². The normalized spacial score (nSPS) is 16.6. The Hall–Kier alpha value is -3.33. The number of nitrogens with two attached hydrogens (primary N) is 1. The number of para-hydroxylation sites is 1. The first-order valence-electron chi connectivity index (χ1n) is 9.15. The monoisotopic (exact) mass is 400 g/mol. The number of primary amides is 1. The molecule has 2 aromatic carbocycles. The third-order valence-electron chi connectivity index (χ3n) is 5.11. The average molecular weight is 400 g/mol. The molecule has 152 valence electrons. The first-order valence-corrected chi connectivity index (χ1v) is 9.15. The maximum absolute atomic E-state index is 14.0. The summed E-state index contributed by atoms with van der Waals surface area (Å²) in [4.78, 5) is 36.6. The van der Waals surface area contributed by atoms with E-state index in [1.165, 1.54) is 6.92 Å². The third kappa shape index (κ3) is 4.40. The fourth-order valence-electron chi connectivity index (χ4n) is 3.52. The molecule has 2 aromatic rings. The van der Waals surface area contributed by atoms with Gasteiger partial charge in [-0.1, -0.05) is 18.2 Å². The Morgan fingerprint density at radius 3 is 2.76 bits per heavy atom. The summed E-state index contributed by atoms with van der Waals surface area (Å²) in [5.41, 5.74) is 5.98. The van der Waals surface area contributed by atoms with Gasteiger partial charge in [0.25, 0.3) is 11.6 Å². The Balaban J connectivity index is 1.83. The number of nitrogens with zero attached hydrogens (tertiary/aromatic N) is 2. The van der Waals surface area contributed by atoms with Gasteiger partial charge in [0.05, 0.1) is 16.5 Å². The van der Waals surface area contributed by atoms with E-state index in [1.54, 1.807) is 18.2 Å². The standard InChI is InChI=1S/C20H21FN4O4/c1-12-15(21)9-14(10-18(12)25(28)29)20(27)23-16-6-3-2-5-13(16)11-24-8-4-7-17(24)19(22)26/h2-3,5-6,9-10,17H,4,7-8,11H2,1H3,(H2,22,26)(H,23,27). The van der Waals surface area contributed by atoms with Crippen LogP contribution in [0.2, 0.25) is 0 Å². The molecule has 29 heavy (non-hydrogen) atoms. The van der Waals surface area contributed by atoms with Crippen molar-refractivity contribution in [3.63, 3.8) is 0 Å². The Morgan fingerprint density at radius 2 is 2.07 bits per heavy atom. The van der Waals surface area contributed by atoms with Crippen molar-refractivity contribution in [1.29, 1.82) is 0 Å². The topological polar surface area (TPSA) is 119 Å². The second kappa shape index (κ2) is 8.36. The van der Waals surface area contributed by atoms with E-state index in [-0.39, 0.29) is 23.1 Å². The molecule has 1 heterocycles. The summed E-state index contributed by atoms with van der Waals surface area (Å²) in [6, 6.07) is 8.70. The minimum atomic E-state index is -0.820. The summed E-state index contributed by atoms with van der Waals surface area (Å²) in [6.45, 7) is 2.41. The molecule has 9 heteroatoms. The number of hydrogen-bond acceptors (Lipinski definition) is 5. The van der Waals surface area contributed by atoms with E-state index in [0.717, 1.165) is 24.1 Å². The van der Waals surface area contributed by atoms with E-state index >= 15 is 0 Å². The van der Waals surface area contributed by atoms with Gasteiger partial charge in [-0.25, -0.2) is 4.39 Å². The lowest BCUT2D eigenvalue weighted by Gasteiger charge is -2.23. The molecule has 0 spiro atoms. The lowest BCUT2D eigenvalue weighted by atomic mass is 10.1. The fourth-order valence-corrected chi connectivity index (χ4v) is 3.52. The van der Waals surface area contributed by atoms with Crippen LogP contribution in [-0.2, 0) is 11.3 Å². The van der Waals surface area contributed by atoms with E-state index in [9.17, 15) is 24.1 Å². The van der Waals surface area contributed by atoms with E-state index in [2.05, 4.69) is 5.32 Å². The number of nitro benzene ring substituents is 1. The van der Waals surface area contributed by atoms with Gasteiger partial charge in [-0.05, 0) is 44.0 Å². The third-order valence-corrected chi connectivity index (χ3v) is 5.11. The number of rotatable bonds is 6. The number of nitrogens with one attached hydrogen (secondary N) is 1. The number of hydrogen-bond donors (Lipinski definition) is 2. The zero-order chi connectivity index (χ0) is 21.1. The fraction of sp³-hybridized carbons (Fsp3) is 0.300. The highest BCUT2D eigenvalue weighted by Crippen LogP contribution is 2.26. The molecule has 1 fully saturated rings. The van der Waals surface area contributed by atoms with Crippen molar-refractivity contribution in [2.45, 2.75) is 32.4 Å². The summed E-state index contributed by atoms with van der Waals surface area (Å²) >= 11 is 0. The van der Waals surface area contributed by atoms with Crippen LogP contribution in [0.15, 0.2) is 36.4 Å². The van der Waals surface area contributed by atoms with Gasteiger partial charge in [0.1, 0.15) is 5.82 Å². The molecule has 1 unspecified atom stereocenters. The molecule has 0 radical (unpaired) electrons. The lowest BCUT2D eigenvalue weighted by Crippen LogP contribution is -2.39. The van der Waals surface area contributed by atoms with Gasteiger partial charge in [-0.2, -0.15) is 0 Å². The number of benzene rings is 2. The molecule has 0 aromatic heterocycles. The predicted octanol–water partition coefficient (Wildman–Crippen LogP) is 2.74. The largest absolute Gasteiger partial charge is 0.368 e. The maximum atomic E-state index is 14.0. The second-order valence-electron chi connectivity index (χ2n) is 7.00. The second-order valence-corrected chi connectivity index (χ2v) is 7.00. The molecule has 3 rings (SSSR count). The van der Waals surface area contributed by atoms with Crippen molar-refractivity contribution in [2.24, 2.45) is 5.73 Å². The number of anilines is 1. The van der Waals surface area contributed by atoms with Gasteiger partial charge in [0.2, 0.25) is 5.91 Å². The number of nitro groups is 1. The molecule has 3 N–H and O–H groups in total. The molecule has 1 saturated heterocycles. The molecular weight excluding hydrogens is 379 g/mol. The van der Waals surface area contributed by atoms with Crippen LogP contribution in [0.4, 0.5) is 15.8 Å². The van der Waals surface area contributed by atoms with Crippen molar-refractivity contribution >= 4 is 23.2 Å². The SMILES string of the molecule is Cc1c(F)cc(C(=O)Nc2ccccc2CN2CCCC2C(N)=O)cc1[N+](=O)[O-]. The van der Waals surface area contributed by atoms with Crippen LogP contribution < -0.4 is 11.1 Å². The van der Waals surface area contributed by atoms with Crippen LogP contribution in [0, 0.1) is 22.9 Å². The quantitative estimate of drug-likeness (QED) is 0.571. The number of carbonyl (C=O) groups is 2. The zero-order valence-corrected chi connectivity index (χ0v) is 15.9. The molecule has 1 atom stereocenters. The summed E-state index contributed by atoms with van der Waals surface area (Å²) < 4.78 is 14.0. The Bertz CT molecular complexity index is 979. The molecule has 0 bridgehead atoms. The van der Waals surface area contributed by atoms with Crippen LogP contribution >= 0.6 is 0 Å². The number of carbonyl (C=O) groups excluding carboxylic acids is 2. The van der Waals surface area contributed by atoms with Crippen LogP contribution in [0.5, 0.6) is 0 Å². The minimum absolute atomic E-state index is 0.126. The number of likely N-dealkylation sites (tertiary alicyclic amines) is 1. The summed E-state index contributed by atoms with van der Waals surface area (Å²) in [5.74, 6) is -1.86. The van der Waals surface area contributed by atoms with Crippen molar-refractivity contribution in [1.82, 2.24) is 4.90 Å². The van der Waals surface area contributed by atoms with Crippen molar-refractivity contribution in [2.75, 3.05) is 11.9 Å². The molecule has 2 amide bonds. The van der Waals surface area contributed by atoms with Crippen molar-refractivity contribution in [3.05, 3.63) is 69.0 Å². The van der Waals surface area contributed by atoms with Crippen LogP contribution in [0.25, 0.3) is 0 Å². The van der Waals surface area contributed by atoms with Crippen LogP contribution in [0.3, 0.4) is 0 Å². The molecule has 1 aliphatic heterocycles. The summed E-state index contributed by atoms with van der Waals surface area (Å²) in [5, 5.41) is 13.8. The van der Waals surface area contributed by atoms with Crippen LogP contribution in [0.1, 0.15) is 34.3 Å². The van der Waals surface area contributed by atoms with Crippen LogP contribution in [-0.4, -0.2) is 34.2 Å². The molecule has 0 saturated carbocycles. The van der Waals surface area contributed by atoms with Gasteiger partial charge in [0.15, 0.2) is 0 Å². The molecule has 0 aliphatic carbocycles. The van der Waals surface area contributed by atoms with E-state index < -0.39 is 22.3 Å². The van der Waals surface area contributed by atoms with Gasteiger partial charge in [-0.3, -0.25) is 24.6 Å². The summed E-state index contributed by atoms with van der Waals surface area (Å²) in [6.07, 6.45) is 1.55. The Morgan fingerprint density at radius 1 is 1.34 bits per heavy atom. The van der Waals surface area contributed by atoms with E-state index in [1.807, 2.05) is 11.0 Å². The Kier molecular flexibility index (Phi) is 5.88. The highest BCUT2D eigenvalue weighted by atomic mass is 19.1. The first-order chi connectivity index (χ1) is 13.8. The average Bonchev–Trinajstić information content (AvgIpc) is 3.13. The maximum Gasteiger partial charge on any atom is 0.276 e. The lowest BCUT2D eigenvalue weighted by molar-refractivity contribution is -0.385. The van der Waals surface area contributed by atoms with Crippen molar-refractivity contribution < 1.29 is 18.9 Å². The zero-order valence-electron chi connectivity index (χ0n) is 15.9. The molecule has 1 aliphatic rings.